The molecule has 164 valence electrons. The Morgan fingerprint density at radius 3 is 2.69 bits per heavy atom. The van der Waals surface area contributed by atoms with Gasteiger partial charge < -0.3 is 14.8 Å². The Hall–Kier alpha value is -3.52. The van der Waals surface area contributed by atoms with Crippen molar-refractivity contribution < 1.29 is 9.18 Å². The summed E-state index contributed by atoms with van der Waals surface area (Å²) >= 11 is 0. The van der Waals surface area contributed by atoms with Gasteiger partial charge in [-0.15, -0.1) is 0 Å². The highest BCUT2D eigenvalue weighted by atomic mass is 19.1. The van der Waals surface area contributed by atoms with E-state index in [1.165, 1.54) is 12.1 Å². The molecule has 2 aromatic carbocycles. The number of amides is 1. The van der Waals surface area contributed by atoms with Gasteiger partial charge in [-0.1, -0.05) is 12.1 Å². The fraction of sp³-hybridized carbons (Fsp3) is 0.292. The minimum absolute atomic E-state index is 0.137. The van der Waals surface area contributed by atoms with Crippen LogP contribution >= 0.6 is 0 Å². The Bertz CT molecular complexity index is 1370. The van der Waals surface area contributed by atoms with Gasteiger partial charge in [0.25, 0.3) is 11.5 Å². The zero-order chi connectivity index (χ0) is 22.2. The summed E-state index contributed by atoms with van der Waals surface area (Å²) < 4.78 is 16.9. The van der Waals surface area contributed by atoms with E-state index in [1.54, 1.807) is 51.7 Å². The molecule has 1 amide bonds. The first-order valence-corrected chi connectivity index (χ1v) is 10.7. The standard InChI is InChI=1S/C24H24FN5O2/c1-28-11-8-19(9-12-28)27-23(31)17-5-6-20-22(14-17)29(15-16-3-2-4-18(25)13-16)24(32)21-7-10-26-30(20)21/h2-7,10,13-14,19H,8-9,11-12,15H2,1H3,(H,27,31). The number of halogens is 1. The van der Waals surface area contributed by atoms with E-state index in [0.717, 1.165) is 25.9 Å². The normalized spacial score (nSPS) is 15.4. The molecule has 4 aromatic rings. The summed E-state index contributed by atoms with van der Waals surface area (Å²) in [5.41, 5.74) is 2.61. The molecular formula is C24H24FN5O2. The van der Waals surface area contributed by atoms with Crippen molar-refractivity contribution in [1.82, 2.24) is 24.4 Å². The molecule has 8 heteroatoms. The average Bonchev–Trinajstić information content (AvgIpc) is 3.28. The molecule has 1 saturated heterocycles. The maximum atomic E-state index is 13.7. The molecule has 0 bridgehead atoms. The van der Waals surface area contributed by atoms with Crippen molar-refractivity contribution in [1.29, 1.82) is 0 Å². The maximum absolute atomic E-state index is 13.7. The van der Waals surface area contributed by atoms with Gasteiger partial charge in [0.05, 0.1) is 23.8 Å². The van der Waals surface area contributed by atoms with Crippen LogP contribution in [0.1, 0.15) is 28.8 Å². The molecule has 2 aromatic heterocycles. The molecule has 0 aliphatic carbocycles. The average molecular weight is 433 g/mol. The summed E-state index contributed by atoms with van der Waals surface area (Å²) in [5.74, 6) is -0.518. The van der Waals surface area contributed by atoms with Crippen molar-refractivity contribution in [3.8, 4) is 0 Å². The third-order valence-corrected chi connectivity index (χ3v) is 6.15. The van der Waals surface area contributed by atoms with Crippen LogP contribution in [0.4, 0.5) is 4.39 Å². The highest BCUT2D eigenvalue weighted by molar-refractivity contribution is 5.97. The van der Waals surface area contributed by atoms with Crippen molar-refractivity contribution in [3.63, 3.8) is 0 Å². The Balaban J connectivity index is 1.57. The van der Waals surface area contributed by atoms with Gasteiger partial charge in [-0.2, -0.15) is 5.10 Å². The van der Waals surface area contributed by atoms with Crippen LogP contribution < -0.4 is 10.9 Å². The van der Waals surface area contributed by atoms with Crippen LogP contribution in [-0.4, -0.2) is 51.2 Å². The molecule has 1 fully saturated rings. The molecule has 0 radical (unpaired) electrons. The number of aromatic nitrogens is 3. The van der Waals surface area contributed by atoms with Crippen molar-refractivity contribution in [2.75, 3.05) is 20.1 Å². The summed E-state index contributed by atoms with van der Waals surface area (Å²) in [6.45, 7) is 2.09. The second-order valence-electron chi connectivity index (χ2n) is 8.40. The minimum atomic E-state index is -0.358. The molecule has 1 aliphatic heterocycles. The second-order valence-corrected chi connectivity index (χ2v) is 8.40. The number of benzene rings is 2. The molecule has 1 aliphatic rings. The van der Waals surface area contributed by atoms with Gasteiger partial charge in [0, 0.05) is 11.6 Å². The number of hydrogen-bond acceptors (Lipinski definition) is 4. The number of nitrogens with zero attached hydrogens (tertiary/aromatic N) is 4. The highest BCUT2D eigenvalue weighted by Crippen LogP contribution is 2.19. The van der Waals surface area contributed by atoms with E-state index in [1.807, 2.05) is 0 Å². The SMILES string of the molecule is CN1CCC(NC(=O)c2ccc3c(c2)n(Cc2cccc(F)c2)c(=O)c2ccnn23)CC1. The largest absolute Gasteiger partial charge is 0.349 e. The lowest BCUT2D eigenvalue weighted by molar-refractivity contribution is 0.0917. The summed E-state index contributed by atoms with van der Waals surface area (Å²) in [7, 11) is 2.08. The van der Waals surface area contributed by atoms with Gasteiger partial charge in [-0.05, 0) is 74.9 Å². The van der Waals surface area contributed by atoms with Crippen molar-refractivity contribution in [2.45, 2.75) is 25.4 Å². The van der Waals surface area contributed by atoms with Crippen molar-refractivity contribution in [2.24, 2.45) is 0 Å². The molecular weight excluding hydrogens is 409 g/mol. The smallest absolute Gasteiger partial charge is 0.277 e. The number of nitrogens with one attached hydrogen (secondary N) is 1. The van der Waals surface area contributed by atoms with Crippen molar-refractivity contribution >= 4 is 22.5 Å². The summed E-state index contributed by atoms with van der Waals surface area (Å²) in [6, 6.07) is 13.3. The lowest BCUT2D eigenvalue weighted by atomic mass is 10.0. The van der Waals surface area contributed by atoms with Crippen LogP contribution in [0.25, 0.3) is 16.6 Å². The van der Waals surface area contributed by atoms with Crippen LogP contribution in [0, 0.1) is 5.82 Å². The number of hydrogen-bond donors (Lipinski definition) is 1. The second kappa shape index (κ2) is 8.20. The first-order chi connectivity index (χ1) is 15.5. The lowest BCUT2D eigenvalue weighted by Crippen LogP contribution is -2.43. The third kappa shape index (κ3) is 3.78. The molecule has 0 unspecified atom stereocenters. The highest BCUT2D eigenvalue weighted by Gasteiger charge is 2.20. The summed E-state index contributed by atoms with van der Waals surface area (Å²) in [5, 5.41) is 7.40. The molecule has 7 nitrogen and oxygen atoms in total. The minimum Gasteiger partial charge on any atom is -0.349 e. The number of fused-ring (bicyclic) bond motifs is 3. The number of likely N-dealkylation sites (tertiary alicyclic amines) is 1. The van der Waals surface area contributed by atoms with Gasteiger partial charge in [-0.25, -0.2) is 8.91 Å². The quantitative estimate of drug-likeness (QED) is 0.537. The Labute approximate surface area is 184 Å². The molecule has 3 heterocycles. The van der Waals surface area contributed by atoms with Crippen LogP contribution in [0.5, 0.6) is 0 Å². The van der Waals surface area contributed by atoms with Gasteiger partial charge in [0.15, 0.2) is 0 Å². The molecule has 0 atom stereocenters. The third-order valence-electron chi connectivity index (χ3n) is 6.15. The fourth-order valence-corrected chi connectivity index (χ4v) is 4.36. The zero-order valence-corrected chi connectivity index (χ0v) is 17.8. The van der Waals surface area contributed by atoms with Crippen LogP contribution in [0.15, 0.2) is 59.5 Å². The predicted octanol–water partition coefficient (Wildman–Crippen LogP) is 2.66. The number of carbonyl (C=O) groups excluding carboxylic acids is 1. The van der Waals surface area contributed by atoms with E-state index in [-0.39, 0.29) is 29.9 Å². The summed E-state index contributed by atoms with van der Waals surface area (Å²) in [6.07, 6.45) is 3.39. The van der Waals surface area contributed by atoms with Crippen LogP contribution in [0.3, 0.4) is 0 Å². The van der Waals surface area contributed by atoms with Gasteiger partial charge in [0.1, 0.15) is 11.3 Å². The van der Waals surface area contributed by atoms with E-state index in [4.69, 9.17) is 0 Å². The molecule has 32 heavy (non-hydrogen) atoms. The van der Waals surface area contributed by atoms with E-state index in [0.29, 0.717) is 27.7 Å². The van der Waals surface area contributed by atoms with Gasteiger partial charge in [0.2, 0.25) is 0 Å². The van der Waals surface area contributed by atoms with Gasteiger partial charge in [-0.3, -0.25) is 9.59 Å². The molecule has 0 spiro atoms. The van der Waals surface area contributed by atoms with Gasteiger partial charge >= 0.3 is 0 Å². The topological polar surface area (TPSA) is 71.6 Å². The predicted molar refractivity (Wildman–Crippen MR) is 120 cm³/mol. The molecule has 1 N–H and O–H groups in total. The zero-order valence-electron chi connectivity index (χ0n) is 17.8. The molecule has 5 rings (SSSR count). The molecule has 0 saturated carbocycles. The first-order valence-electron chi connectivity index (χ1n) is 10.7. The Morgan fingerprint density at radius 1 is 1.09 bits per heavy atom. The fourth-order valence-electron chi connectivity index (χ4n) is 4.36. The van der Waals surface area contributed by atoms with Crippen LogP contribution in [0.2, 0.25) is 0 Å². The van der Waals surface area contributed by atoms with E-state index in [9.17, 15) is 14.0 Å². The van der Waals surface area contributed by atoms with E-state index in [2.05, 4.69) is 22.4 Å². The number of carbonyl (C=O) groups is 1. The van der Waals surface area contributed by atoms with E-state index >= 15 is 0 Å². The first kappa shape index (κ1) is 20.4. The van der Waals surface area contributed by atoms with Crippen molar-refractivity contribution in [3.05, 3.63) is 82.0 Å². The number of rotatable bonds is 4. The summed E-state index contributed by atoms with van der Waals surface area (Å²) in [4.78, 5) is 28.4. The lowest BCUT2D eigenvalue weighted by Gasteiger charge is -2.29. The Morgan fingerprint density at radius 2 is 1.91 bits per heavy atom. The monoisotopic (exact) mass is 433 g/mol. The number of piperidine rings is 1. The van der Waals surface area contributed by atoms with E-state index < -0.39 is 0 Å². The maximum Gasteiger partial charge on any atom is 0.277 e. The Kier molecular flexibility index (Phi) is 5.22. The van der Waals surface area contributed by atoms with Crippen LogP contribution in [-0.2, 0) is 6.54 Å².